The van der Waals surface area contributed by atoms with Crippen molar-refractivity contribution in [3.63, 3.8) is 0 Å². The zero-order valence-electron chi connectivity index (χ0n) is 14.8. The van der Waals surface area contributed by atoms with Gasteiger partial charge in [-0.3, -0.25) is 4.79 Å². The molecule has 0 aliphatic carbocycles. The van der Waals surface area contributed by atoms with Crippen molar-refractivity contribution in [3.8, 4) is 5.69 Å². The van der Waals surface area contributed by atoms with Gasteiger partial charge in [0.1, 0.15) is 16.4 Å². The van der Waals surface area contributed by atoms with Crippen LogP contribution in [-0.4, -0.2) is 62.8 Å². The molecule has 0 bridgehead atoms. The molecule has 0 spiro atoms. The standard InChI is InChI=1S/C18H18FN5O2S/c1-12-15-10-20-24(14-4-2-13(19)3-5-14)17(15)18(22-21-12)27-11-16(25)23-6-8-26-9-7-23/h2-5,10H,6-9,11H2,1H3. The molecule has 1 aliphatic rings. The number of amides is 1. The summed E-state index contributed by atoms with van der Waals surface area (Å²) in [6, 6.07) is 6.09. The fourth-order valence-corrected chi connectivity index (χ4v) is 3.82. The largest absolute Gasteiger partial charge is 0.378 e. The highest BCUT2D eigenvalue weighted by Gasteiger charge is 2.20. The molecule has 1 fully saturated rings. The highest BCUT2D eigenvalue weighted by molar-refractivity contribution is 8.00. The minimum Gasteiger partial charge on any atom is -0.378 e. The molecule has 3 heterocycles. The fraction of sp³-hybridized carbons (Fsp3) is 0.333. The maximum atomic E-state index is 13.3. The van der Waals surface area contributed by atoms with Gasteiger partial charge in [0, 0.05) is 18.5 Å². The summed E-state index contributed by atoms with van der Waals surface area (Å²) in [5.74, 6) is 0.00473. The molecular formula is C18H18FN5O2S. The number of hydrogen-bond acceptors (Lipinski definition) is 6. The maximum absolute atomic E-state index is 13.3. The van der Waals surface area contributed by atoms with Crippen molar-refractivity contribution in [3.05, 3.63) is 42.0 Å². The van der Waals surface area contributed by atoms with E-state index in [-0.39, 0.29) is 17.5 Å². The first-order valence-corrected chi connectivity index (χ1v) is 9.57. The maximum Gasteiger partial charge on any atom is 0.233 e. The summed E-state index contributed by atoms with van der Waals surface area (Å²) in [5.41, 5.74) is 2.25. The zero-order valence-corrected chi connectivity index (χ0v) is 15.6. The number of morpholine rings is 1. The Kier molecular flexibility index (Phi) is 5.04. The molecule has 27 heavy (non-hydrogen) atoms. The molecule has 1 saturated heterocycles. The van der Waals surface area contributed by atoms with E-state index in [0.29, 0.717) is 31.3 Å². The van der Waals surface area contributed by atoms with Gasteiger partial charge in [0.15, 0.2) is 0 Å². The second-order valence-electron chi connectivity index (χ2n) is 6.17. The molecule has 140 valence electrons. The summed E-state index contributed by atoms with van der Waals surface area (Å²) in [6.07, 6.45) is 1.72. The third-order valence-electron chi connectivity index (χ3n) is 4.42. The van der Waals surface area contributed by atoms with E-state index in [9.17, 15) is 9.18 Å². The van der Waals surface area contributed by atoms with Crippen LogP contribution < -0.4 is 0 Å². The average molecular weight is 387 g/mol. The molecule has 2 aromatic heterocycles. The minimum atomic E-state index is -0.308. The quantitative estimate of drug-likeness (QED) is 0.639. The van der Waals surface area contributed by atoms with Crippen molar-refractivity contribution >= 4 is 28.6 Å². The van der Waals surface area contributed by atoms with Crippen LogP contribution in [0.4, 0.5) is 4.39 Å². The minimum absolute atomic E-state index is 0.0478. The molecule has 1 aromatic carbocycles. The van der Waals surface area contributed by atoms with Gasteiger partial charge in [0.25, 0.3) is 0 Å². The van der Waals surface area contributed by atoms with E-state index in [1.165, 1.54) is 23.9 Å². The lowest BCUT2D eigenvalue weighted by Crippen LogP contribution is -2.41. The molecule has 1 aliphatic heterocycles. The number of aromatic nitrogens is 4. The summed E-state index contributed by atoms with van der Waals surface area (Å²) < 4.78 is 20.3. The summed E-state index contributed by atoms with van der Waals surface area (Å²) in [4.78, 5) is 14.2. The Morgan fingerprint density at radius 1 is 1.22 bits per heavy atom. The topological polar surface area (TPSA) is 73.1 Å². The monoisotopic (exact) mass is 387 g/mol. The van der Waals surface area contributed by atoms with Crippen LogP contribution in [0.1, 0.15) is 5.69 Å². The highest BCUT2D eigenvalue weighted by Crippen LogP contribution is 2.29. The summed E-state index contributed by atoms with van der Waals surface area (Å²) in [5, 5.41) is 14.4. The van der Waals surface area contributed by atoms with Crippen LogP contribution in [0.5, 0.6) is 0 Å². The van der Waals surface area contributed by atoms with Gasteiger partial charge in [-0.2, -0.15) is 10.2 Å². The normalized spacial score (nSPS) is 14.7. The van der Waals surface area contributed by atoms with Gasteiger partial charge in [-0.15, -0.1) is 5.10 Å². The van der Waals surface area contributed by atoms with E-state index in [0.717, 1.165) is 22.3 Å². The Morgan fingerprint density at radius 2 is 1.96 bits per heavy atom. The molecule has 4 rings (SSSR count). The Bertz CT molecular complexity index is 970. The Morgan fingerprint density at radius 3 is 2.70 bits per heavy atom. The predicted octanol–water partition coefficient (Wildman–Crippen LogP) is 2.21. The first-order chi connectivity index (χ1) is 13.1. The molecule has 3 aromatic rings. The van der Waals surface area contributed by atoms with Crippen molar-refractivity contribution < 1.29 is 13.9 Å². The van der Waals surface area contributed by atoms with Gasteiger partial charge in [-0.25, -0.2) is 9.07 Å². The number of rotatable bonds is 4. The van der Waals surface area contributed by atoms with E-state index in [1.807, 2.05) is 6.92 Å². The number of ether oxygens (including phenoxy) is 1. The first-order valence-electron chi connectivity index (χ1n) is 8.59. The van der Waals surface area contributed by atoms with Gasteiger partial charge in [-0.1, -0.05) is 11.8 Å². The zero-order chi connectivity index (χ0) is 18.8. The molecular weight excluding hydrogens is 369 g/mol. The van der Waals surface area contributed by atoms with Gasteiger partial charge >= 0.3 is 0 Å². The lowest BCUT2D eigenvalue weighted by atomic mass is 10.2. The lowest BCUT2D eigenvalue weighted by molar-refractivity contribution is -0.132. The first kappa shape index (κ1) is 17.9. The van der Waals surface area contributed by atoms with Gasteiger partial charge in [0.05, 0.1) is 36.5 Å². The van der Waals surface area contributed by atoms with Crippen molar-refractivity contribution in [1.29, 1.82) is 0 Å². The molecule has 0 saturated carbocycles. The summed E-state index contributed by atoms with van der Waals surface area (Å²) >= 11 is 1.34. The average Bonchev–Trinajstić information content (AvgIpc) is 3.15. The molecule has 0 atom stereocenters. The molecule has 0 unspecified atom stereocenters. The van der Waals surface area contributed by atoms with Crippen LogP contribution in [0, 0.1) is 12.7 Å². The van der Waals surface area contributed by atoms with Crippen LogP contribution in [0.2, 0.25) is 0 Å². The van der Waals surface area contributed by atoms with Crippen LogP contribution in [0.15, 0.2) is 35.5 Å². The van der Waals surface area contributed by atoms with Crippen molar-refractivity contribution in [2.75, 3.05) is 32.1 Å². The van der Waals surface area contributed by atoms with Crippen molar-refractivity contribution in [2.24, 2.45) is 0 Å². The number of hydrogen-bond donors (Lipinski definition) is 0. The van der Waals surface area contributed by atoms with E-state index in [4.69, 9.17) is 4.74 Å². The number of halogens is 1. The molecule has 1 amide bonds. The molecule has 7 nitrogen and oxygen atoms in total. The number of aryl methyl sites for hydroxylation is 1. The fourth-order valence-electron chi connectivity index (χ4n) is 2.95. The number of benzene rings is 1. The summed E-state index contributed by atoms with van der Waals surface area (Å²) in [6.45, 7) is 4.23. The Balaban J connectivity index is 1.64. The Hall–Kier alpha value is -2.52. The number of carbonyl (C=O) groups excluding carboxylic acids is 1. The third-order valence-corrected chi connectivity index (χ3v) is 5.36. The number of nitrogens with zero attached hydrogens (tertiary/aromatic N) is 5. The van der Waals surface area contributed by atoms with E-state index in [2.05, 4.69) is 15.3 Å². The predicted molar refractivity (Wildman–Crippen MR) is 99.5 cm³/mol. The second-order valence-corrected chi connectivity index (χ2v) is 7.13. The van der Waals surface area contributed by atoms with Gasteiger partial charge in [0.2, 0.25) is 5.91 Å². The van der Waals surface area contributed by atoms with Crippen molar-refractivity contribution in [1.82, 2.24) is 24.9 Å². The highest BCUT2D eigenvalue weighted by atomic mass is 32.2. The van der Waals surface area contributed by atoms with Crippen LogP contribution in [0.25, 0.3) is 16.6 Å². The van der Waals surface area contributed by atoms with Crippen LogP contribution in [-0.2, 0) is 9.53 Å². The molecule has 0 N–H and O–H groups in total. The number of carbonyl (C=O) groups is 1. The van der Waals surface area contributed by atoms with E-state index in [1.54, 1.807) is 27.9 Å². The van der Waals surface area contributed by atoms with Crippen LogP contribution >= 0.6 is 11.8 Å². The number of thioether (sulfide) groups is 1. The smallest absolute Gasteiger partial charge is 0.233 e. The third kappa shape index (κ3) is 3.65. The molecule has 9 heteroatoms. The van der Waals surface area contributed by atoms with Crippen molar-refractivity contribution in [2.45, 2.75) is 11.9 Å². The summed E-state index contributed by atoms with van der Waals surface area (Å²) in [7, 11) is 0. The molecule has 0 radical (unpaired) electrons. The number of fused-ring (bicyclic) bond motifs is 1. The van der Waals surface area contributed by atoms with Crippen LogP contribution in [0.3, 0.4) is 0 Å². The SMILES string of the molecule is Cc1nnc(SCC(=O)N2CCOCC2)c2c1cnn2-c1ccc(F)cc1. The second kappa shape index (κ2) is 7.61. The van der Waals surface area contributed by atoms with Gasteiger partial charge in [-0.05, 0) is 31.2 Å². The van der Waals surface area contributed by atoms with E-state index < -0.39 is 0 Å². The van der Waals surface area contributed by atoms with E-state index >= 15 is 0 Å². The lowest BCUT2D eigenvalue weighted by Gasteiger charge is -2.26. The Labute approximate surface area is 159 Å². The van der Waals surface area contributed by atoms with Gasteiger partial charge < -0.3 is 9.64 Å².